The molecular weight excluding hydrogens is 352 g/mol. The average molecular weight is 376 g/mol. The summed E-state index contributed by atoms with van der Waals surface area (Å²) in [6.45, 7) is 3.28. The Morgan fingerprint density at radius 3 is 2.68 bits per heavy atom. The minimum absolute atomic E-state index is 0.139. The van der Waals surface area contributed by atoms with Crippen molar-refractivity contribution < 1.29 is 9.21 Å². The van der Waals surface area contributed by atoms with Gasteiger partial charge in [0.1, 0.15) is 5.69 Å². The monoisotopic (exact) mass is 376 g/mol. The number of oxazole rings is 1. The number of aromatic nitrogens is 2. The van der Waals surface area contributed by atoms with Crippen molar-refractivity contribution >= 4 is 5.91 Å². The summed E-state index contributed by atoms with van der Waals surface area (Å²) in [4.78, 5) is 23.0. The summed E-state index contributed by atoms with van der Waals surface area (Å²) < 4.78 is 5.31. The van der Waals surface area contributed by atoms with Gasteiger partial charge in [-0.3, -0.25) is 4.79 Å². The maximum absolute atomic E-state index is 12.5. The standard InChI is InChI=1S/C22H24N4O2/c27-22(18-5-2-1-3-6-18)26-11-9-17(10-12-26)13-23-14-19-7-4-8-20(25-19)21-15-24-16-28-21/h1-8,15-17,23H,9-14H2. The molecule has 6 nitrogen and oxygen atoms in total. The van der Waals surface area contributed by atoms with Crippen molar-refractivity contribution in [1.29, 1.82) is 0 Å². The van der Waals surface area contributed by atoms with E-state index in [1.54, 1.807) is 6.20 Å². The molecule has 0 unspecified atom stereocenters. The number of piperidine rings is 1. The van der Waals surface area contributed by atoms with Crippen molar-refractivity contribution in [2.45, 2.75) is 19.4 Å². The summed E-state index contributed by atoms with van der Waals surface area (Å²) in [7, 11) is 0. The maximum atomic E-state index is 12.5. The molecule has 28 heavy (non-hydrogen) atoms. The number of carbonyl (C=O) groups is 1. The summed E-state index contributed by atoms with van der Waals surface area (Å²) in [6.07, 6.45) is 5.13. The molecule has 1 amide bonds. The summed E-state index contributed by atoms with van der Waals surface area (Å²) in [5, 5.41) is 3.51. The van der Waals surface area contributed by atoms with Crippen LogP contribution in [0.4, 0.5) is 0 Å². The van der Waals surface area contributed by atoms with E-state index in [1.165, 1.54) is 6.39 Å². The third-order valence-electron chi connectivity index (χ3n) is 5.15. The molecular formula is C22H24N4O2. The molecule has 0 aliphatic carbocycles. The Balaban J connectivity index is 1.23. The number of nitrogens with zero attached hydrogens (tertiary/aromatic N) is 3. The van der Waals surface area contributed by atoms with Crippen LogP contribution in [0.15, 0.2) is 65.5 Å². The lowest BCUT2D eigenvalue weighted by Crippen LogP contribution is -2.40. The number of hydrogen-bond donors (Lipinski definition) is 1. The largest absolute Gasteiger partial charge is 0.442 e. The fraction of sp³-hybridized carbons (Fsp3) is 0.318. The molecule has 1 saturated heterocycles. The molecule has 0 spiro atoms. The van der Waals surface area contributed by atoms with Gasteiger partial charge in [0.2, 0.25) is 0 Å². The van der Waals surface area contributed by atoms with E-state index in [2.05, 4.69) is 15.3 Å². The lowest BCUT2D eigenvalue weighted by molar-refractivity contribution is 0.0690. The van der Waals surface area contributed by atoms with E-state index in [0.29, 0.717) is 18.2 Å². The quantitative estimate of drug-likeness (QED) is 0.714. The van der Waals surface area contributed by atoms with E-state index in [9.17, 15) is 4.79 Å². The second-order valence-corrected chi connectivity index (χ2v) is 7.11. The fourth-order valence-corrected chi connectivity index (χ4v) is 3.57. The molecule has 1 aliphatic rings. The Hall–Kier alpha value is -2.99. The van der Waals surface area contributed by atoms with Crippen LogP contribution in [-0.4, -0.2) is 40.4 Å². The summed E-state index contributed by atoms with van der Waals surface area (Å²) in [5.74, 6) is 1.40. The smallest absolute Gasteiger partial charge is 0.253 e. The first-order valence-electron chi connectivity index (χ1n) is 9.69. The first-order chi connectivity index (χ1) is 13.8. The van der Waals surface area contributed by atoms with Gasteiger partial charge in [-0.2, -0.15) is 0 Å². The van der Waals surface area contributed by atoms with E-state index >= 15 is 0 Å². The molecule has 4 rings (SSSR count). The Kier molecular flexibility index (Phi) is 5.77. The van der Waals surface area contributed by atoms with Crippen LogP contribution in [0.5, 0.6) is 0 Å². The van der Waals surface area contributed by atoms with Gasteiger partial charge in [0.15, 0.2) is 12.2 Å². The van der Waals surface area contributed by atoms with Crippen LogP contribution in [0.25, 0.3) is 11.5 Å². The van der Waals surface area contributed by atoms with Gasteiger partial charge in [-0.1, -0.05) is 24.3 Å². The van der Waals surface area contributed by atoms with Gasteiger partial charge in [-0.05, 0) is 49.6 Å². The molecule has 1 aliphatic heterocycles. The van der Waals surface area contributed by atoms with E-state index in [1.807, 2.05) is 53.4 Å². The Morgan fingerprint density at radius 1 is 1.11 bits per heavy atom. The van der Waals surface area contributed by atoms with Crippen LogP contribution in [0.2, 0.25) is 0 Å². The molecule has 0 radical (unpaired) electrons. The lowest BCUT2D eigenvalue weighted by Gasteiger charge is -2.32. The Labute approximate surface area is 164 Å². The predicted octanol–water partition coefficient (Wildman–Crippen LogP) is 3.38. The van der Waals surface area contributed by atoms with Crippen LogP contribution in [-0.2, 0) is 6.54 Å². The van der Waals surface area contributed by atoms with E-state index in [0.717, 1.165) is 49.4 Å². The highest BCUT2D eigenvalue weighted by Gasteiger charge is 2.23. The third-order valence-corrected chi connectivity index (χ3v) is 5.15. The molecule has 3 aromatic rings. The van der Waals surface area contributed by atoms with E-state index in [-0.39, 0.29) is 5.91 Å². The molecule has 1 fully saturated rings. The van der Waals surface area contributed by atoms with Crippen molar-refractivity contribution in [2.24, 2.45) is 5.92 Å². The fourth-order valence-electron chi connectivity index (χ4n) is 3.57. The lowest BCUT2D eigenvalue weighted by atomic mass is 9.96. The number of carbonyl (C=O) groups excluding carboxylic acids is 1. The molecule has 3 heterocycles. The molecule has 144 valence electrons. The first-order valence-corrected chi connectivity index (χ1v) is 9.69. The van der Waals surface area contributed by atoms with Crippen LogP contribution < -0.4 is 5.32 Å². The second-order valence-electron chi connectivity index (χ2n) is 7.11. The minimum Gasteiger partial charge on any atom is -0.442 e. The molecule has 6 heteroatoms. The molecule has 0 atom stereocenters. The van der Waals surface area contributed by atoms with Gasteiger partial charge >= 0.3 is 0 Å². The first kappa shape index (κ1) is 18.4. The zero-order valence-electron chi connectivity index (χ0n) is 15.8. The van der Waals surface area contributed by atoms with Crippen LogP contribution in [0, 0.1) is 5.92 Å². The predicted molar refractivity (Wildman–Crippen MR) is 107 cm³/mol. The SMILES string of the molecule is O=C(c1ccccc1)N1CCC(CNCc2cccc(-c3cnco3)n2)CC1. The molecule has 2 aromatic heterocycles. The minimum atomic E-state index is 0.139. The van der Waals surface area contributed by atoms with Crippen molar-refractivity contribution in [1.82, 2.24) is 20.2 Å². The number of amides is 1. The topological polar surface area (TPSA) is 71.3 Å². The van der Waals surface area contributed by atoms with Crippen LogP contribution in [0.3, 0.4) is 0 Å². The summed E-state index contributed by atoms with van der Waals surface area (Å²) in [5.41, 5.74) is 2.55. The van der Waals surface area contributed by atoms with Gasteiger partial charge in [0, 0.05) is 25.2 Å². The zero-order chi connectivity index (χ0) is 19.2. The van der Waals surface area contributed by atoms with Crippen molar-refractivity contribution in [3.05, 3.63) is 72.4 Å². The number of nitrogens with one attached hydrogen (secondary N) is 1. The Bertz CT molecular complexity index is 888. The normalized spacial score (nSPS) is 14.9. The van der Waals surface area contributed by atoms with Crippen LogP contribution >= 0.6 is 0 Å². The van der Waals surface area contributed by atoms with Crippen molar-refractivity contribution in [3.8, 4) is 11.5 Å². The van der Waals surface area contributed by atoms with Gasteiger partial charge in [-0.25, -0.2) is 9.97 Å². The van der Waals surface area contributed by atoms with E-state index < -0.39 is 0 Å². The third kappa shape index (κ3) is 4.46. The average Bonchev–Trinajstić information content (AvgIpc) is 3.30. The van der Waals surface area contributed by atoms with Gasteiger partial charge in [-0.15, -0.1) is 0 Å². The summed E-state index contributed by atoms with van der Waals surface area (Å²) >= 11 is 0. The van der Waals surface area contributed by atoms with Crippen molar-refractivity contribution in [2.75, 3.05) is 19.6 Å². The van der Waals surface area contributed by atoms with Crippen LogP contribution in [0.1, 0.15) is 28.9 Å². The maximum Gasteiger partial charge on any atom is 0.253 e. The molecule has 0 saturated carbocycles. The zero-order valence-corrected chi connectivity index (χ0v) is 15.8. The van der Waals surface area contributed by atoms with Crippen molar-refractivity contribution in [3.63, 3.8) is 0 Å². The van der Waals surface area contributed by atoms with Gasteiger partial charge in [0.05, 0.1) is 11.9 Å². The number of benzene rings is 1. The highest BCUT2D eigenvalue weighted by molar-refractivity contribution is 5.94. The molecule has 1 aromatic carbocycles. The van der Waals surface area contributed by atoms with Gasteiger partial charge in [0.25, 0.3) is 5.91 Å². The number of rotatable bonds is 6. The number of hydrogen-bond acceptors (Lipinski definition) is 5. The van der Waals surface area contributed by atoms with Gasteiger partial charge < -0.3 is 14.6 Å². The summed E-state index contributed by atoms with van der Waals surface area (Å²) in [6, 6.07) is 15.4. The molecule has 0 bridgehead atoms. The number of likely N-dealkylation sites (tertiary alicyclic amines) is 1. The number of pyridine rings is 1. The Morgan fingerprint density at radius 2 is 1.93 bits per heavy atom. The highest BCUT2D eigenvalue weighted by Crippen LogP contribution is 2.19. The molecule has 1 N–H and O–H groups in total. The highest BCUT2D eigenvalue weighted by atomic mass is 16.3. The second kappa shape index (κ2) is 8.80. The van der Waals surface area contributed by atoms with E-state index in [4.69, 9.17) is 4.42 Å².